The minimum atomic E-state index is -0.570. The largest absolute Gasteiger partial charge is 0.333 e. The van der Waals surface area contributed by atoms with Crippen molar-refractivity contribution in [2.45, 2.75) is 25.7 Å². The van der Waals surface area contributed by atoms with Gasteiger partial charge in [-0.2, -0.15) is 0 Å². The fourth-order valence-electron chi connectivity index (χ4n) is 2.60. The molecule has 0 radical (unpaired) electrons. The van der Waals surface area contributed by atoms with Gasteiger partial charge in [0.25, 0.3) is 11.8 Å². The molecule has 0 aromatic heterocycles. The molecule has 1 aromatic carbocycles. The fourth-order valence-corrected chi connectivity index (χ4v) is 5.63. The van der Waals surface area contributed by atoms with Gasteiger partial charge >= 0.3 is 5.97 Å². The maximum absolute atomic E-state index is 12.1. The van der Waals surface area contributed by atoms with Gasteiger partial charge in [-0.3, -0.25) is 9.59 Å². The van der Waals surface area contributed by atoms with Gasteiger partial charge in [0.15, 0.2) is 0 Å². The zero-order valence-electron chi connectivity index (χ0n) is 12.5. The van der Waals surface area contributed by atoms with Crippen molar-refractivity contribution in [1.29, 1.82) is 0 Å². The second kappa shape index (κ2) is 7.40. The summed E-state index contributed by atoms with van der Waals surface area (Å²) in [6.45, 7) is 0. The second-order valence-corrected chi connectivity index (χ2v) is 8.15. The van der Waals surface area contributed by atoms with Gasteiger partial charge in [0.2, 0.25) is 0 Å². The first-order chi connectivity index (χ1) is 11.2. The number of amides is 2. The van der Waals surface area contributed by atoms with Crippen molar-refractivity contribution in [3.8, 4) is 0 Å². The van der Waals surface area contributed by atoms with Crippen molar-refractivity contribution < 1.29 is 19.2 Å². The summed E-state index contributed by atoms with van der Waals surface area (Å²) < 4.78 is 0. The van der Waals surface area contributed by atoms with Crippen molar-refractivity contribution in [2.24, 2.45) is 5.92 Å². The van der Waals surface area contributed by atoms with E-state index in [-0.39, 0.29) is 17.5 Å². The van der Waals surface area contributed by atoms with Crippen molar-refractivity contribution in [3.63, 3.8) is 0 Å². The van der Waals surface area contributed by atoms with E-state index in [0.717, 1.165) is 18.8 Å². The highest BCUT2D eigenvalue weighted by Crippen LogP contribution is 2.36. The average Bonchev–Trinajstić information content (AvgIpc) is 3.15. The molecule has 1 fully saturated rings. The van der Waals surface area contributed by atoms with Crippen molar-refractivity contribution in [1.82, 2.24) is 5.06 Å². The zero-order valence-corrected chi connectivity index (χ0v) is 14.2. The molecular formula is C16H17NO4S2. The Kier molecular flexibility index (Phi) is 5.27. The molecule has 23 heavy (non-hydrogen) atoms. The molecule has 2 aliphatic rings. The zero-order chi connectivity index (χ0) is 16.2. The molecule has 122 valence electrons. The van der Waals surface area contributed by atoms with Crippen LogP contribution in [-0.2, 0) is 9.63 Å². The first-order valence-electron chi connectivity index (χ1n) is 7.60. The van der Waals surface area contributed by atoms with Crippen LogP contribution in [-0.4, -0.2) is 34.4 Å². The van der Waals surface area contributed by atoms with Crippen molar-refractivity contribution >= 4 is 39.4 Å². The number of unbranched alkanes of at least 4 members (excludes halogenated alkanes) is 1. The number of hydrogen-bond donors (Lipinski definition) is 0. The molecule has 1 aromatic rings. The molecule has 7 heteroatoms. The molecule has 0 atom stereocenters. The molecule has 0 bridgehead atoms. The number of carbonyl (C=O) groups is 3. The van der Waals surface area contributed by atoms with Crippen LogP contribution in [0, 0.1) is 5.92 Å². The Morgan fingerprint density at radius 2 is 1.70 bits per heavy atom. The summed E-state index contributed by atoms with van der Waals surface area (Å²) in [5.74, 6) is 1.43. The number of rotatable bonds is 6. The molecular weight excluding hydrogens is 334 g/mol. The summed E-state index contributed by atoms with van der Waals surface area (Å²) in [5.41, 5.74) is 0.558. The van der Waals surface area contributed by atoms with E-state index < -0.39 is 17.8 Å². The van der Waals surface area contributed by atoms with Gasteiger partial charge in [0.1, 0.15) is 0 Å². The van der Waals surface area contributed by atoms with Gasteiger partial charge < -0.3 is 4.84 Å². The van der Waals surface area contributed by atoms with Crippen LogP contribution in [0.1, 0.15) is 46.4 Å². The van der Waals surface area contributed by atoms with Crippen molar-refractivity contribution in [3.05, 3.63) is 35.4 Å². The molecule has 1 saturated heterocycles. The lowest BCUT2D eigenvalue weighted by Crippen LogP contribution is -2.32. The van der Waals surface area contributed by atoms with E-state index >= 15 is 0 Å². The molecule has 2 amide bonds. The normalized spacial score (nSPS) is 17.7. The summed E-state index contributed by atoms with van der Waals surface area (Å²) in [5, 5.41) is 0.581. The first-order valence-corrected chi connectivity index (χ1v) is 10.1. The van der Waals surface area contributed by atoms with Gasteiger partial charge in [0.05, 0.1) is 11.1 Å². The van der Waals surface area contributed by atoms with Crippen molar-refractivity contribution in [2.75, 3.05) is 11.5 Å². The lowest BCUT2D eigenvalue weighted by atomic mass is 10.1. The summed E-state index contributed by atoms with van der Waals surface area (Å²) in [6.07, 6.45) is 3.01. The van der Waals surface area contributed by atoms with Crippen LogP contribution in [0.2, 0.25) is 0 Å². The highest BCUT2D eigenvalue weighted by atomic mass is 33.1. The molecule has 0 saturated carbocycles. The number of benzene rings is 1. The van der Waals surface area contributed by atoms with E-state index in [9.17, 15) is 14.4 Å². The molecule has 0 N–H and O–H groups in total. The Bertz CT molecular complexity index is 593. The van der Waals surface area contributed by atoms with E-state index in [1.807, 2.05) is 21.6 Å². The number of hydrogen-bond acceptors (Lipinski definition) is 6. The molecule has 3 rings (SSSR count). The Labute approximate surface area is 142 Å². The monoisotopic (exact) mass is 351 g/mol. The van der Waals surface area contributed by atoms with Gasteiger partial charge in [-0.25, -0.2) is 4.79 Å². The summed E-state index contributed by atoms with van der Waals surface area (Å²) in [6, 6.07) is 6.46. The summed E-state index contributed by atoms with van der Waals surface area (Å²) >= 11 is 0. The SMILES string of the molecule is O=C(CCCCC1CSSC1)ON1C(=O)c2ccccc2C1=O. The molecule has 2 heterocycles. The van der Waals surface area contributed by atoms with Crippen LogP contribution < -0.4 is 0 Å². The third-order valence-electron chi connectivity index (χ3n) is 3.88. The third-order valence-corrected chi connectivity index (χ3v) is 6.58. The van der Waals surface area contributed by atoms with E-state index in [1.54, 1.807) is 24.3 Å². The van der Waals surface area contributed by atoms with Crippen LogP contribution in [0.25, 0.3) is 0 Å². The number of carbonyl (C=O) groups excluding carboxylic acids is 3. The standard InChI is InChI=1S/C16H17NO4S2/c18-14(8-4-1-5-11-9-22-23-10-11)21-17-15(19)12-6-2-3-7-13(12)16(17)20/h2-3,6-7,11H,1,4-5,8-10H2. The van der Waals surface area contributed by atoms with E-state index in [4.69, 9.17) is 4.84 Å². The number of fused-ring (bicyclic) bond motifs is 1. The van der Waals surface area contributed by atoms with E-state index in [2.05, 4.69) is 0 Å². The highest BCUT2D eigenvalue weighted by Gasteiger charge is 2.38. The van der Waals surface area contributed by atoms with Crippen LogP contribution in [0.4, 0.5) is 0 Å². The summed E-state index contributed by atoms with van der Waals surface area (Å²) in [7, 11) is 3.81. The predicted octanol–water partition coefficient (Wildman–Crippen LogP) is 3.31. The van der Waals surface area contributed by atoms with E-state index in [0.29, 0.717) is 11.5 Å². The maximum Gasteiger partial charge on any atom is 0.333 e. The Morgan fingerprint density at radius 3 is 2.30 bits per heavy atom. The highest BCUT2D eigenvalue weighted by molar-refractivity contribution is 8.77. The predicted molar refractivity (Wildman–Crippen MR) is 89.9 cm³/mol. The van der Waals surface area contributed by atoms with Gasteiger partial charge in [-0.1, -0.05) is 45.2 Å². The molecule has 0 spiro atoms. The van der Waals surface area contributed by atoms with Crippen LogP contribution in [0.3, 0.4) is 0 Å². The lowest BCUT2D eigenvalue weighted by molar-refractivity contribution is -0.168. The maximum atomic E-state index is 12.1. The number of hydroxylamine groups is 2. The quantitative estimate of drug-likeness (QED) is 0.445. The number of imide groups is 1. The summed E-state index contributed by atoms with van der Waals surface area (Å²) in [4.78, 5) is 41.0. The molecule has 0 aliphatic carbocycles. The third kappa shape index (κ3) is 3.72. The topological polar surface area (TPSA) is 63.7 Å². The molecule has 0 unspecified atom stereocenters. The van der Waals surface area contributed by atoms with E-state index in [1.165, 1.54) is 11.5 Å². The Balaban J connectivity index is 1.45. The lowest BCUT2D eigenvalue weighted by Gasteiger charge is -2.12. The van der Waals surface area contributed by atoms with Gasteiger partial charge in [-0.05, 0) is 30.9 Å². The average molecular weight is 351 g/mol. The first kappa shape index (κ1) is 16.4. The molecule has 2 aliphatic heterocycles. The minimum Gasteiger partial charge on any atom is -0.330 e. The molecule has 5 nitrogen and oxygen atoms in total. The number of nitrogens with zero attached hydrogens (tertiary/aromatic N) is 1. The fraction of sp³-hybridized carbons (Fsp3) is 0.438. The van der Waals surface area contributed by atoms with Gasteiger partial charge in [-0.15, -0.1) is 0 Å². The Hall–Kier alpha value is -1.47. The van der Waals surface area contributed by atoms with Crippen LogP contribution >= 0.6 is 21.6 Å². The Morgan fingerprint density at radius 1 is 1.09 bits per heavy atom. The van der Waals surface area contributed by atoms with Crippen LogP contribution in [0.15, 0.2) is 24.3 Å². The second-order valence-electron chi connectivity index (χ2n) is 5.59. The van der Waals surface area contributed by atoms with Crippen LogP contribution in [0.5, 0.6) is 0 Å². The smallest absolute Gasteiger partial charge is 0.330 e. The van der Waals surface area contributed by atoms with Gasteiger partial charge in [0, 0.05) is 17.9 Å². The minimum absolute atomic E-state index is 0.223.